The zero-order chi connectivity index (χ0) is 19.5. The molecule has 0 N–H and O–H groups in total. The fourth-order valence-corrected chi connectivity index (χ4v) is 3.96. The number of thioether (sulfide) groups is 1. The third-order valence-electron chi connectivity index (χ3n) is 4.64. The van der Waals surface area contributed by atoms with Gasteiger partial charge in [0.05, 0.1) is 6.61 Å². The second-order valence-electron chi connectivity index (χ2n) is 6.95. The molecule has 1 fully saturated rings. The molecule has 0 aromatic carbocycles. The molecule has 2 heterocycles. The lowest BCUT2D eigenvalue weighted by Gasteiger charge is -2.24. The summed E-state index contributed by atoms with van der Waals surface area (Å²) in [7, 11) is 0. The summed E-state index contributed by atoms with van der Waals surface area (Å²) >= 11 is 1.70. The molecule has 1 saturated heterocycles. The molecule has 7 heteroatoms. The van der Waals surface area contributed by atoms with Crippen LogP contribution in [0.3, 0.4) is 0 Å². The van der Waals surface area contributed by atoms with Crippen LogP contribution in [-0.2, 0) is 9.47 Å². The quantitative estimate of drug-likeness (QED) is 0.468. The van der Waals surface area contributed by atoms with Gasteiger partial charge in [-0.2, -0.15) is 4.98 Å². The summed E-state index contributed by atoms with van der Waals surface area (Å²) in [6.07, 6.45) is 8.25. The Morgan fingerprint density at radius 2 is 1.93 bits per heavy atom. The lowest BCUT2D eigenvalue weighted by Crippen LogP contribution is -2.33. The van der Waals surface area contributed by atoms with Gasteiger partial charge in [-0.15, -0.1) is 11.8 Å². The summed E-state index contributed by atoms with van der Waals surface area (Å²) in [4.78, 5) is 19.2. The lowest BCUT2D eigenvalue weighted by molar-refractivity contribution is -0.0250. The first-order chi connectivity index (χ1) is 13.2. The van der Waals surface area contributed by atoms with E-state index in [1.807, 2.05) is 12.3 Å². The molecule has 2 atom stereocenters. The minimum Gasteiger partial charge on any atom is -0.378 e. The van der Waals surface area contributed by atoms with E-state index in [-0.39, 0.29) is 17.4 Å². The number of hydrogen-bond donors (Lipinski definition) is 0. The zero-order valence-corrected chi connectivity index (χ0v) is 17.9. The maximum Gasteiger partial charge on any atom is 0.351 e. The fourth-order valence-electron chi connectivity index (χ4n) is 2.94. The SMILES string of the molecule is CCCCOC[C@H]1O[C@@H](n2ccc(N(CCCC)CCCC)nc2=O)CS1. The van der Waals surface area contributed by atoms with Crippen molar-refractivity contribution in [3.63, 3.8) is 0 Å². The van der Waals surface area contributed by atoms with Gasteiger partial charge >= 0.3 is 5.69 Å². The third-order valence-corrected chi connectivity index (χ3v) is 5.74. The average molecular weight is 398 g/mol. The largest absolute Gasteiger partial charge is 0.378 e. The summed E-state index contributed by atoms with van der Waals surface area (Å²) in [5.74, 6) is 1.53. The molecule has 154 valence electrons. The van der Waals surface area contributed by atoms with E-state index >= 15 is 0 Å². The molecule has 1 aliphatic rings. The molecular formula is C20H35N3O3S. The second-order valence-corrected chi connectivity index (χ2v) is 8.14. The van der Waals surface area contributed by atoms with Crippen LogP contribution in [0.25, 0.3) is 0 Å². The molecular weight excluding hydrogens is 362 g/mol. The molecule has 0 radical (unpaired) electrons. The van der Waals surface area contributed by atoms with Crippen LogP contribution >= 0.6 is 11.8 Å². The van der Waals surface area contributed by atoms with Gasteiger partial charge < -0.3 is 14.4 Å². The van der Waals surface area contributed by atoms with Gasteiger partial charge in [-0.25, -0.2) is 4.79 Å². The van der Waals surface area contributed by atoms with E-state index in [9.17, 15) is 4.79 Å². The molecule has 1 aromatic heterocycles. The highest BCUT2D eigenvalue weighted by Crippen LogP contribution is 2.31. The minimum absolute atomic E-state index is 0.0101. The Kier molecular flexibility index (Phi) is 10.2. The van der Waals surface area contributed by atoms with E-state index in [2.05, 4.69) is 30.7 Å². The maximum absolute atomic E-state index is 12.6. The Labute approximate surface area is 167 Å². The van der Waals surface area contributed by atoms with Crippen molar-refractivity contribution in [1.29, 1.82) is 0 Å². The van der Waals surface area contributed by atoms with E-state index in [1.165, 1.54) is 0 Å². The van der Waals surface area contributed by atoms with Crippen molar-refractivity contribution >= 4 is 17.6 Å². The highest BCUT2D eigenvalue weighted by molar-refractivity contribution is 8.00. The van der Waals surface area contributed by atoms with Gasteiger partial charge in [-0.3, -0.25) is 4.57 Å². The van der Waals surface area contributed by atoms with Crippen LogP contribution in [-0.4, -0.2) is 47.0 Å². The summed E-state index contributed by atoms with van der Waals surface area (Å²) in [6.45, 7) is 9.74. The van der Waals surface area contributed by atoms with Crippen molar-refractivity contribution in [2.45, 2.75) is 71.0 Å². The first-order valence-electron chi connectivity index (χ1n) is 10.4. The number of anilines is 1. The molecule has 0 unspecified atom stereocenters. The van der Waals surface area contributed by atoms with E-state index in [1.54, 1.807) is 16.3 Å². The normalized spacial score (nSPS) is 19.5. The molecule has 0 spiro atoms. The first kappa shape index (κ1) is 22.2. The van der Waals surface area contributed by atoms with Gasteiger partial charge in [0.15, 0.2) is 0 Å². The molecule has 0 bridgehead atoms. The van der Waals surface area contributed by atoms with Gasteiger partial charge in [-0.05, 0) is 25.3 Å². The second kappa shape index (κ2) is 12.4. The number of ether oxygens (including phenoxy) is 2. The Bertz CT molecular complexity index is 588. The lowest BCUT2D eigenvalue weighted by atomic mass is 10.2. The summed E-state index contributed by atoms with van der Waals surface area (Å²) in [5.41, 5.74) is -0.243. The van der Waals surface area contributed by atoms with Crippen molar-refractivity contribution in [3.8, 4) is 0 Å². The van der Waals surface area contributed by atoms with Crippen molar-refractivity contribution < 1.29 is 9.47 Å². The molecule has 1 aromatic rings. The predicted octanol–water partition coefficient (Wildman–Crippen LogP) is 4.05. The molecule has 2 rings (SSSR count). The van der Waals surface area contributed by atoms with Gasteiger partial charge in [0.25, 0.3) is 0 Å². The molecule has 1 aliphatic heterocycles. The molecule has 6 nitrogen and oxygen atoms in total. The third kappa shape index (κ3) is 7.12. The van der Waals surface area contributed by atoms with Crippen molar-refractivity contribution in [1.82, 2.24) is 9.55 Å². The number of nitrogens with zero attached hydrogens (tertiary/aromatic N) is 3. The molecule has 27 heavy (non-hydrogen) atoms. The smallest absolute Gasteiger partial charge is 0.351 e. The van der Waals surface area contributed by atoms with E-state index in [0.717, 1.165) is 69.8 Å². The summed E-state index contributed by atoms with van der Waals surface area (Å²) < 4.78 is 13.2. The van der Waals surface area contributed by atoms with E-state index in [0.29, 0.717) is 6.61 Å². The van der Waals surface area contributed by atoms with Crippen LogP contribution in [0.4, 0.5) is 5.82 Å². The topological polar surface area (TPSA) is 56.6 Å². The Morgan fingerprint density at radius 1 is 1.22 bits per heavy atom. The fraction of sp³-hybridized carbons (Fsp3) is 0.800. The van der Waals surface area contributed by atoms with Crippen LogP contribution in [0.1, 0.15) is 65.5 Å². The number of unbranched alkanes of at least 4 members (excludes halogenated alkanes) is 3. The molecule has 0 aliphatic carbocycles. The van der Waals surface area contributed by atoms with Crippen LogP contribution in [0.5, 0.6) is 0 Å². The Hall–Kier alpha value is -1.05. The van der Waals surface area contributed by atoms with Crippen LogP contribution in [0.2, 0.25) is 0 Å². The highest BCUT2D eigenvalue weighted by atomic mass is 32.2. The van der Waals surface area contributed by atoms with Gasteiger partial charge in [0.1, 0.15) is 17.5 Å². The van der Waals surface area contributed by atoms with Crippen molar-refractivity contribution in [3.05, 3.63) is 22.7 Å². The first-order valence-corrected chi connectivity index (χ1v) is 11.4. The monoisotopic (exact) mass is 397 g/mol. The summed E-state index contributed by atoms with van der Waals surface area (Å²) in [6, 6.07) is 1.95. The van der Waals surface area contributed by atoms with Crippen LogP contribution in [0.15, 0.2) is 17.1 Å². The number of rotatable bonds is 13. The van der Waals surface area contributed by atoms with Gasteiger partial charge in [-0.1, -0.05) is 40.0 Å². The summed E-state index contributed by atoms with van der Waals surface area (Å²) in [5, 5.41) is 0. The molecule has 0 amide bonds. The standard InChI is InChI=1S/C20H35N3O3S/c1-4-7-11-22(12-8-5-2)17-10-13-23(20(24)21-17)18-16-27-19(26-18)15-25-14-9-6-3/h10,13,18-19H,4-9,11-12,14-16H2,1-3H3/t18-,19+/m1/s1. The van der Waals surface area contributed by atoms with Crippen molar-refractivity contribution in [2.24, 2.45) is 0 Å². The average Bonchev–Trinajstić information content (AvgIpc) is 3.14. The van der Waals surface area contributed by atoms with Gasteiger partial charge in [0.2, 0.25) is 0 Å². The van der Waals surface area contributed by atoms with Crippen molar-refractivity contribution in [2.75, 3.05) is 37.0 Å². The maximum atomic E-state index is 12.6. The van der Waals surface area contributed by atoms with E-state index in [4.69, 9.17) is 9.47 Å². The van der Waals surface area contributed by atoms with Gasteiger partial charge in [0, 0.05) is 31.6 Å². The predicted molar refractivity (Wildman–Crippen MR) is 113 cm³/mol. The van der Waals surface area contributed by atoms with E-state index < -0.39 is 0 Å². The molecule has 0 saturated carbocycles. The highest BCUT2D eigenvalue weighted by Gasteiger charge is 2.28. The van der Waals surface area contributed by atoms with Crippen LogP contribution < -0.4 is 10.6 Å². The number of hydrogen-bond acceptors (Lipinski definition) is 6. The minimum atomic E-state index is -0.261. The number of aromatic nitrogens is 2. The zero-order valence-electron chi connectivity index (χ0n) is 17.1. The van der Waals surface area contributed by atoms with Crippen LogP contribution in [0, 0.1) is 0 Å². The Morgan fingerprint density at radius 3 is 2.56 bits per heavy atom. The Balaban J connectivity index is 1.96.